The van der Waals surface area contributed by atoms with Gasteiger partial charge >= 0.3 is 0 Å². The van der Waals surface area contributed by atoms with Crippen molar-refractivity contribution in [2.75, 3.05) is 27.3 Å². The number of thiazole rings is 1. The lowest BCUT2D eigenvalue weighted by Gasteiger charge is -2.32. The molecule has 226 valence electrons. The van der Waals surface area contributed by atoms with Gasteiger partial charge in [0.15, 0.2) is 0 Å². The van der Waals surface area contributed by atoms with Crippen molar-refractivity contribution in [3.63, 3.8) is 0 Å². The highest BCUT2D eigenvalue weighted by atomic mass is 32.1. The highest BCUT2D eigenvalue weighted by Crippen LogP contribution is 2.33. The van der Waals surface area contributed by atoms with Crippen LogP contribution in [0.15, 0.2) is 90.3 Å². The lowest BCUT2D eigenvalue weighted by molar-refractivity contribution is 0.0689. The summed E-state index contributed by atoms with van der Waals surface area (Å²) >= 11 is 1.62. The fourth-order valence-electron chi connectivity index (χ4n) is 6.11. The minimum absolute atomic E-state index is 0.121. The second-order valence-corrected chi connectivity index (χ2v) is 12.3. The Morgan fingerprint density at radius 2 is 1.55 bits per heavy atom. The van der Waals surface area contributed by atoms with E-state index in [1.165, 1.54) is 11.1 Å². The Balaban J connectivity index is 1.24. The molecule has 44 heavy (non-hydrogen) atoms. The van der Waals surface area contributed by atoms with Crippen LogP contribution >= 0.6 is 11.3 Å². The molecule has 1 fully saturated rings. The Bertz CT molecular complexity index is 1680. The molecule has 0 radical (unpaired) electrons. The van der Waals surface area contributed by atoms with Gasteiger partial charge in [-0.25, -0.2) is 4.98 Å². The van der Waals surface area contributed by atoms with E-state index in [0.717, 1.165) is 90.0 Å². The summed E-state index contributed by atoms with van der Waals surface area (Å²) in [5.74, 6) is 2.40. The molecule has 1 amide bonds. The maximum Gasteiger partial charge on any atom is 0.255 e. The smallest absolute Gasteiger partial charge is 0.255 e. The van der Waals surface area contributed by atoms with Crippen LogP contribution in [-0.4, -0.2) is 47.7 Å². The second-order valence-electron chi connectivity index (χ2n) is 11.5. The van der Waals surface area contributed by atoms with Crippen molar-refractivity contribution in [1.82, 2.24) is 14.5 Å². The molecule has 2 aromatic heterocycles. The van der Waals surface area contributed by atoms with E-state index in [4.69, 9.17) is 14.5 Å². The first-order chi connectivity index (χ1) is 21.5. The van der Waals surface area contributed by atoms with Crippen molar-refractivity contribution in [1.29, 1.82) is 0 Å². The van der Waals surface area contributed by atoms with Gasteiger partial charge in [0.05, 0.1) is 31.2 Å². The Labute approximate surface area is 263 Å². The number of rotatable bonds is 10. The van der Waals surface area contributed by atoms with Gasteiger partial charge in [0, 0.05) is 36.3 Å². The summed E-state index contributed by atoms with van der Waals surface area (Å²) < 4.78 is 12.9. The van der Waals surface area contributed by atoms with Crippen LogP contribution in [0.25, 0.3) is 22.0 Å². The molecule has 6 rings (SSSR count). The molecule has 0 saturated carbocycles. The van der Waals surface area contributed by atoms with Crippen LogP contribution in [0.2, 0.25) is 0 Å². The van der Waals surface area contributed by atoms with E-state index in [1.807, 2.05) is 41.3 Å². The molecule has 1 saturated heterocycles. The van der Waals surface area contributed by atoms with Gasteiger partial charge in [-0.05, 0) is 92.1 Å². The van der Waals surface area contributed by atoms with Crippen LogP contribution < -0.4 is 9.47 Å². The lowest BCUT2D eigenvalue weighted by atomic mass is 9.90. The van der Waals surface area contributed by atoms with E-state index < -0.39 is 0 Å². The Morgan fingerprint density at radius 1 is 0.886 bits per heavy atom. The highest BCUT2D eigenvalue weighted by molar-refractivity contribution is 7.13. The summed E-state index contributed by atoms with van der Waals surface area (Å²) in [4.78, 5) is 21.1. The van der Waals surface area contributed by atoms with Crippen LogP contribution in [0.3, 0.4) is 0 Å². The number of ether oxygens (including phenoxy) is 2. The quantitative estimate of drug-likeness (QED) is 0.162. The first-order valence-electron chi connectivity index (χ1n) is 15.3. The van der Waals surface area contributed by atoms with Crippen LogP contribution in [0.1, 0.15) is 40.0 Å². The molecule has 3 aromatic carbocycles. The first kappa shape index (κ1) is 29.7. The minimum Gasteiger partial charge on any atom is -0.497 e. The number of benzene rings is 3. The van der Waals surface area contributed by atoms with E-state index in [9.17, 15) is 4.79 Å². The molecule has 7 heteroatoms. The molecule has 0 N–H and O–H groups in total. The van der Waals surface area contributed by atoms with Crippen molar-refractivity contribution in [3.05, 3.63) is 113 Å². The number of methoxy groups -OCH3 is 2. The zero-order valence-electron chi connectivity index (χ0n) is 25.7. The van der Waals surface area contributed by atoms with E-state index in [2.05, 4.69) is 65.4 Å². The summed E-state index contributed by atoms with van der Waals surface area (Å²) in [5.41, 5.74) is 7.27. The van der Waals surface area contributed by atoms with Gasteiger partial charge in [0.1, 0.15) is 16.5 Å². The predicted octanol–water partition coefficient (Wildman–Crippen LogP) is 7.94. The van der Waals surface area contributed by atoms with Crippen LogP contribution in [0.4, 0.5) is 0 Å². The average molecular weight is 606 g/mol. The number of hydrogen-bond donors (Lipinski definition) is 0. The van der Waals surface area contributed by atoms with Gasteiger partial charge < -0.3 is 18.9 Å². The normalized spacial score (nSPS) is 13.7. The molecule has 0 aliphatic carbocycles. The molecule has 0 bridgehead atoms. The molecule has 1 aliphatic heterocycles. The minimum atomic E-state index is 0.121. The average Bonchev–Trinajstić information content (AvgIpc) is 3.69. The monoisotopic (exact) mass is 605 g/mol. The molecule has 1 aliphatic rings. The maximum absolute atomic E-state index is 14.0. The van der Waals surface area contributed by atoms with Gasteiger partial charge in [0.2, 0.25) is 0 Å². The number of hydrogen-bond acceptors (Lipinski definition) is 5. The zero-order chi connectivity index (χ0) is 30.5. The second kappa shape index (κ2) is 13.5. The fraction of sp³-hybridized carbons (Fsp3) is 0.297. The molecular weight excluding hydrogens is 566 g/mol. The Morgan fingerprint density at radius 3 is 2.20 bits per heavy atom. The number of carbonyl (C=O) groups is 1. The number of amides is 1. The third-order valence-electron chi connectivity index (χ3n) is 8.75. The number of likely N-dealkylation sites (tertiary alicyclic amines) is 1. The largest absolute Gasteiger partial charge is 0.497 e. The molecule has 5 aromatic rings. The van der Waals surface area contributed by atoms with Crippen molar-refractivity contribution in [3.8, 4) is 33.5 Å². The number of aromatic nitrogens is 2. The summed E-state index contributed by atoms with van der Waals surface area (Å²) in [6.07, 6.45) is 3.97. The number of aryl methyl sites for hydroxylation is 1. The molecular formula is C37H39N3O3S. The summed E-state index contributed by atoms with van der Waals surface area (Å²) in [6, 6.07) is 28.9. The Kier molecular flexibility index (Phi) is 9.12. The highest BCUT2D eigenvalue weighted by Gasteiger charge is 2.27. The van der Waals surface area contributed by atoms with E-state index in [0.29, 0.717) is 5.92 Å². The van der Waals surface area contributed by atoms with E-state index in [-0.39, 0.29) is 5.91 Å². The summed E-state index contributed by atoms with van der Waals surface area (Å²) in [7, 11) is 3.35. The van der Waals surface area contributed by atoms with Gasteiger partial charge in [-0.15, -0.1) is 11.3 Å². The molecule has 3 heterocycles. The van der Waals surface area contributed by atoms with Crippen molar-refractivity contribution in [2.24, 2.45) is 5.92 Å². The molecule has 6 nitrogen and oxygen atoms in total. The maximum atomic E-state index is 14.0. The van der Waals surface area contributed by atoms with Crippen LogP contribution in [0.5, 0.6) is 11.5 Å². The third kappa shape index (κ3) is 6.58. The van der Waals surface area contributed by atoms with E-state index >= 15 is 0 Å². The van der Waals surface area contributed by atoms with Gasteiger partial charge in [-0.1, -0.05) is 42.5 Å². The van der Waals surface area contributed by atoms with Gasteiger partial charge in [0.25, 0.3) is 5.91 Å². The number of nitrogens with zero attached hydrogens (tertiary/aromatic N) is 3. The van der Waals surface area contributed by atoms with Crippen molar-refractivity contribution < 1.29 is 14.3 Å². The van der Waals surface area contributed by atoms with E-state index in [1.54, 1.807) is 25.6 Å². The third-order valence-corrected chi connectivity index (χ3v) is 9.64. The molecule has 0 atom stereocenters. The van der Waals surface area contributed by atoms with Gasteiger partial charge in [-0.3, -0.25) is 4.79 Å². The zero-order valence-corrected chi connectivity index (χ0v) is 26.5. The van der Waals surface area contributed by atoms with Gasteiger partial charge in [-0.2, -0.15) is 0 Å². The van der Waals surface area contributed by atoms with Crippen molar-refractivity contribution in [2.45, 2.75) is 39.2 Å². The number of carbonyl (C=O) groups excluding carboxylic acids is 1. The first-order valence-corrected chi connectivity index (χ1v) is 16.2. The topological polar surface area (TPSA) is 56.6 Å². The lowest BCUT2D eigenvalue weighted by Crippen LogP contribution is -2.39. The standard InChI is InChI=1S/C37H39N3O3S/c1-26-33(37(41)39-20-17-29(18-21-39)23-28-7-5-4-6-8-28)24-35(40(26)22-19-27-9-13-31(42-2)14-10-27)34-25-44-36(38-34)30-11-15-32(43-3)16-12-30/h4-16,24-25,29H,17-23H2,1-3H3. The van der Waals surface area contributed by atoms with Crippen molar-refractivity contribution >= 4 is 17.2 Å². The fourth-order valence-corrected chi connectivity index (χ4v) is 6.93. The van der Waals surface area contributed by atoms with Crippen LogP contribution in [-0.2, 0) is 19.4 Å². The molecule has 0 unspecified atom stereocenters. The summed E-state index contributed by atoms with van der Waals surface area (Å²) in [5, 5.41) is 3.04. The summed E-state index contributed by atoms with van der Waals surface area (Å²) in [6.45, 7) is 4.40. The van der Waals surface area contributed by atoms with Crippen LogP contribution in [0, 0.1) is 12.8 Å². The Hall–Kier alpha value is -4.36. The number of piperidine rings is 1. The predicted molar refractivity (Wildman–Crippen MR) is 178 cm³/mol. The molecule has 0 spiro atoms. The SMILES string of the molecule is COc1ccc(CCn2c(-c3csc(-c4ccc(OC)cc4)n3)cc(C(=O)N3CCC(Cc4ccccc4)CC3)c2C)cc1.